The number of nitrogens with zero attached hydrogens (tertiary/aromatic N) is 5. The first kappa shape index (κ1) is 21.5. The molecule has 168 valence electrons. The van der Waals surface area contributed by atoms with E-state index < -0.39 is 0 Å². The predicted molar refractivity (Wildman–Crippen MR) is 128 cm³/mol. The molecule has 0 spiro atoms. The van der Waals surface area contributed by atoms with E-state index >= 15 is 0 Å². The van der Waals surface area contributed by atoms with Gasteiger partial charge in [-0.15, -0.1) is 0 Å². The Labute approximate surface area is 198 Å². The van der Waals surface area contributed by atoms with Gasteiger partial charge in [-0.2, -0.15) is 5.10 Å². The van der Waals surface area contributed by atoms with Gasteiger partial charge in [0.25, 0.3) is 5.91 Å². The zero-order chi connectivity index (χ0) is 22.4. The number of hydrogen-bond acceptors (Lipinski definition) is 4. The molecule has 1 aromatic carbocycles. The van der Waals surface area contributed by atoms with Crippen LogP contribution in [0.2, 0.25) is 10.0 Å². The largest absolute Gasteiger partial charge is 0.356 e. The van der Waals surface area contributed by atoms with Gasteiger partial charge < -0.3 is 9.80 Å². The molecule has 0 bridgehead atoms. The van der Waals surface area contributed by atoms with Crippen molar-refractivity contribution in [2.75, 3.05) is 24.5 Å². The molecule has 0 aliphatic carbocycles. The molecule has 2 saturated heterocycles. The molecule has 2 atom stereocenters. The van der Waals surface area contributed by atoms with Crippen molar-refractivity contribution < 1.29 is 4.79 Å². The van der Waals surface area contributed by atoms with Crippen LogP contribution in [0.4, 0.5) is 5.82 Å². The van der Waals surface area contributed by atoms with Crippen LogP contribution in [0.5, 0.6) is 0 Å². The molecule has 0 radical (unpaired) electrons. The Kier molecular flexibility index (Phi) is 5.76. The van der Waals surface area contributed by atoms with Gasteiger partial charge >= 0.3 is 0 Å². The third-order valence-electron chi connectivity index (χ3n) is 6.61. The second kappa shape index (κ2) is 8.56. The molecule has 2 aliphatic heterocycles. The summed E-state index contributed by atoms with van der Waals surface area (Å²) in [6, 6.07) is 6.94. The van der Waals surface area contributed by atoms with E-state index in [1.165, 1.54) is 6.42 Å². The summed E-state index contributed by atoms with van der Waals surface area (Å²) in [4.78, 5) is 22.6. The number of carbonyl (C=O) groups is 1. The Hall–Kier alpha value is -2.31. The first-order chi connectivity index (χ1) is 15.4. The maximum absolute atomic E-state index is 13.4. The van der Waals surface area contributed by atoms with Gasteiger partial charge in [0.15, 0.2) is 5.65 Å². The molecule has 8 heteroatoms. The van der Waals surface area contributed by atoms with Gasteiger partial charge in [0.2, 0.25) is 0 Å². The van der Waals surface area contributed by atoms with Crippen LogP contribution in [0.15, 0.2) is 30.5 Å². The number of fused-ring (bicyclic) bond motifs is 1. The number of halogens is 2. The molecule has 2 fully saturated rings. The predicted octanol–water partition coefficient (Wildman–Crippen LogP) is 5.56. The molecule has 6 nitrogen and oxygen atoms in total. The zero-order valence-electron chi connectivity index (χ0n) is 18.4. The lowest BCUT2D eigenvalue weighted by molar-refractivity contribution is 0.0606. The van der Waals surface area contributed by atoms with Crippen molar-refractivity contribution in [1.29, 1.82) is 0 Å². The lowest BCUT2D eigenvalue weighted by Crippen LogP contribution is -2.38. The average Bonchev–Trinajstić information content (AvgIpc) is 3.40. The van der Waals surface area contributed by atoms with Crippen molar-refractivity contribution in [3.8, 4) is 0 Å². The maximum atomic E-state index is 13.4. The minimum atomic E-state index is -0.108. The van der Waals surface area contributed by atoms with E-state index in [2.05, 4.69) is 18.7 Å². The second-order valence-corrected chi connectivity index (χ2v) is 9.94. The number of carbonyl (C=O) groups excluding carboxylic acids is 1. The van der Waals surface area contributed by atoms with Crippen LogP contribution in [0.3, 0.4) is 0 Å². The third kappa shape index (κ3) is 3.95. The van der Waals surface area contributed by atoms with E-state index in [0.29, 0.717) is 28.1 Å². The monoisotopic (exact) mass is 471 g/mol. The van der Waals surface area contributed by atoms with E-state index in [1.807, 2.05) is 21.7 Å². The molecule has 0 N–H and O–H groups in total. The van der Waals surface area contributed by atoms with Gasteiger partial charge in [-0.1, -0.05) is 30.1 Å². The number of hydrogen-bond donors (Lipinski definition) is 0. The molecule has 32 heavy (non-hydrogen) atoms. The van der Waals surface area contributed by atoms with Crippen LogP contribution in [-0.2, 0) is 0 Å². The fraction of sp³-hybridized carbons (Fsp3) is 0.458. The van der Waals surface area contributed by atoms with Crippen molar-refractivity contribution in [1.82, 2.24) is 19.5 Å². The molecule has 1 amide bonds. The summed E-state index contributed by atoms with van der Waals surface area (Å²) >= 11 is 12.5. The normalized spacial score (nSPS) is 21.5. The second-order valence-electron chi connectivity index (χ2n) is 9.09. The standard InChI is InChI=1S/C24H27Cl2N5O/c1-15-8-10-29(13-15)23-16(2)14-31-22(27-23)12-20(28-31)21-5-3-4-9-30(21)24(32)18-11-17(25)6-7-19(18)26/h6-7,11-12,14-15,21H,3-5,8-10,13H2,1-2H3/t15-,21-/m0/s1. The number of rotatable bonds is 3. The van der Waals surface area contributed by atoms with E-state index in [9.17, 15) is 4.79 Å². The maximum Gasteiger partial charge on any atom is 0.255 e. The first-order valence-corrected chi connectivity index (χ1v) is 12.0. The number of benzene rings is 1. The molecule has 3 aromatic rings. The van der Waals surface area contributed by atoms with Crippen LogP contribution in [0, 0.1) is 12.8 Å². The average molecular weight is 472 g/mol. The lowest BCUT2D eigenvalue weighted by atomic mass is 9.98. The SMILES string of the molecule is Cc1cn2nc([C@@H]3CCCCN3C(=O)c3cc(Cl)ccc3Cl)cc2nc1N1CC[C@H](C)C1. The number of piperidine rings is 1. The Morgan fingerprint density at radius 3 is 2.75 bits per heavy atom. The van der Waals surface area contributed by atoms with Crippen LogP contribution >= 0.6 is 23.2 Å². The minimum absolute atomic E-state index is 0.102. The van der Waals surface area contributed by atoms with Crippen LogP contribution in [-0.4, -0.2) is 45.0 Å². The molecule has 2 aromatic heterocycles. The number of anilines is 1. The number of aryl methyl sites for hydroxylation is 1. The van der Waals surface area contributed by atoms with E-state index in [4.69, 9.17) is 33.3 Å². The molecule has 2 aliphatic rings. The van der Waals surface area contributed by atoms with Gasteiger partial charge in [0.1, 0.15) is 5.82 Å². The number of amides is 1. The highest BCUT2D eigenvalue weighted by molar-refractivity contribution is 6.35. The lowest BCUT2D eigenvalue weighted by Gasteiger charge is -2.35. The molecule has 0 unspecified atom stereocenters. The van der Waals surface area contributed by atoms with Crippen LogP contribution in [0.25, 0.3) is 5.65 Å². The van der Waals surface area contributed by atoms with Crippen molar-refractivity contribution >= 4 is 40.6 Å². The van der Waals surface area contributed by atoms with E-state index in [1.54, 1.807) is 18.2 Å². The fourth-order valence-corrected chi connectivity index (χ4v) is 5.30. The topological polar surface area (TPSA) is 53.7 Å². The van der Waals surface area contributed by atoms with Gasteiger partial charge in [0, 0.05) is 42.5 Å². The summed E-state index contributed by atoms with van der Waals surface area (Å²) in [5, 5.41) is 5.75. The highest BCUT2D eigenvalue weighted by Crippen LogP contribution is 2.34. The highest BCUT2D eigenvalue weighted by Gasteiger charge is 2.32. The minimum Gasteiger partial charge on any atom is -0.356 e. The van der Waals surface area contributed by atoms with Crippen LogP contribution in [0.1, 0.15) is 60.3 Å². The Morgan fingerprint density at radius 1 is 1.12 bits per heavy atom. The van der Waals surface area contributed by atoms with Crippen molar-refractivity contribution in [2.45, 2.75) is 45.6 Å². The summed E-state index contributed by atoms with van der Waals surface area (Å²) in [5.74, 6) is 1.62. The molecule has 5 rings (SSSR count). The Balaban J connectivity index is 1.48. The Bertz CT molecular complexity index is 1180. The summed E-state index contributed by atoms with van der Waals surface area (Å²) in [7, 11) is 0. The van der Waals surface area contributed by atoms with Gasteiger partial charge in [0.05, 0.1) is 22.3 Å². The fourth-order valence-electron chi connectivity index (χ4n) is 4.93. The zero-order valence-corrected chi connectivity index (χ0v) is 19.9. The van der Waals surface area contributed by atoms with E-state index in [0.717, 1.165) is 55.1 Å². The highest BCUT2D eigenvalue weighted by atomic mass is 35.5. The summed E-state index contributed by atoms with van der Waals surface area (Å²) < 4.78 is 1.84. The van der Waals surface area contributed by atoms with Gasteiger partial charge in [-0.25, -0.2) is 9.50 Å². The molecular formula is C24H27Cl2N5O. The molecular weight excluding hydrogens is 445 g/mol. The van der Waals surface area contributed by atoms with Crippen molar-refractivity contribution in [2.24, 2.45) is 5.92 Å². The third-order valence-corrected chi connectivity index (χ3v) is 7.18. The number of aromatic nitrogens is 3. The van der Waals surface area contributed by atoms with Crippen molar-refractivity contribution in [3.63, 3.8) is 0 Å². The van der Waals surface area contributed by atoms with Gasteiger partial charge in [-0.05, 0) is 56.7 Å². The number of likely N-dealkylation sites (tertiary alicyclic amines) is 1. The Morgan fingerprint density at radius 2 is 1.97 bits per heavy atom. The quantitative estimate of drug-likeness (QED) is 0.501. The van der Waals surface area contributed by atoms with E-state index in [-0.39, 0.29) is 11.9 Å². The molecule has 4 heterocycles. The molecule has 0 saturated carbocycles. The van der Waals surface area contributed by atoms with Crippen molar-refractivity contribution in [3.05, 3.63) is 57.3 Å². The first-order valence-electron chi connectivity index (χ1n) is 11.3. The summed E-state index contributed by atoms with van der Waals surface area (Å²) in [6.45, 7) is 7.12. The van der Waals surface area contributed by atoms with Crippen LogP contribution < -0.4 is 4.90 Å². The summed E-state index contributed by atoms with van der Waals surface area (Å²) in [6.07, 6.45) is 6.12. The summed E-state index contributed by atoms with van der Waals surface area (Å²) in [5.41, 5.74) is 3.24. The van der Waals surface area contributed by atoms with Gasteiger partial charge in [-0.3, -0.25) is 4.79 Å². The smallest absolute Gasteiger partial charge is 0.255 e.